The van der Waals surface area contributed by atoms with E-state index in [9.17, 15) is 19.2 Å². The number of ether oxygens (including phenoxy) is 1. The Bertz CT molecular complexity index is 1090. The largest absolute Gasteiger partial charge is 0.495 e. The van der Waals surface area contributed by atoms with Gasteiger partial charge in [0.1, 0.15) is 5.75 Å². The Balaban J connectivity index is 1.07. The van der Waals surface area contributed by atoms with Crippen LogP contribution in [0.15, 0.2) is 18.2 Å². The van der Waals surface area contributed by atoms with Gasteiger partial charge in [0.15, 0.2) is 0 Å². The summed E-state index contributed by atoms with van der Waals surface area (Å²) in [4.78, 5) is 55.7. The number of amides is 5. The van der Waals surface area contributed by atoms with Crippen LogP contribution in [-0.4, -0.2) is 73.4 Å². The summed E-state index contributed by atoms with van der Waals surface area (Å²) in [7, 11) is 1.53. The van der Waals surface area contributed by atoms with E-state index >= 15 is 0 Å². The highest BCUT2D eigenvalue weighted by Crippen LogP contribution is 2.33. The Morgan fingerprint density at radius 3 is 2.08 bits per heavy atom. The Kier molecular flexibility index (Phi) is 9.27. The van der Waals surface area contributed by atoms with Crippen molar-refractivity contribution in [1.82, 2.24) is 15.1 Å². The van der Waals surface area contributed by atoms with E-state index in [-0.39, 0.29) is 30.7 Å². The molecule has 3 aliphatic heterocycles. The van der Waals surface area contributed by atoms with Gasteiger partial charge in [0, 0.05) is 50.6 Å². The van der Waals surface area contributed by atoms with Crippen molar-refractivity contribution in [3.63, 3.8) is 0 Å². The number of imide groups is 1. The molecule has 1 aromatic rings. The summed E-state index contributed by atoms with van der Waals surface area (Å²) >= 11 is 0. The number of rotatable bonds is 7. The maximum Gasteiger partial charge on any atom is 0.328 e. The van der Waals surface area contributed by atoms with Crippen molar-refractivity contribution in [2.24, 2.45) is 17.8 Å². The topological polar surface area (TPSA) is 99.3 Å². The first-order chi connectivity index (χ1) is 19.4. The van der Waals surface area contributed by atoms with Crippen molar-refractivity contribution in [3.05, 3.63) is 23.8 Å². The second-order valence-corrected chi connectivity index (χ2v) is 12.1. The highest BCUT2D eigenvalue weighted by atomic mass is 16.5. The third-order valence-corrected chi connectivity index (χ3v) is 9.54. The molecule has 1 aliphatic carbocycles. The van der Waals surface area contributed by atoms with E-state index in [1.807, 2.05) is 4.90 Å². The van der Waals surface area contributed by atoms with Crippen molar-refractivity contribution in [1.29, 1.82) is 0 Å². The lowest BCUT2D eigenvalue weighted by atomic mass is 9.84. The predicted molar refractivity (Wildman–Crippen MR) is 152 cm³/mol. The van der Waals surface area contributed by atoms with Gasteiger partial charge in [0.05, 0.1) is 12.8 Å². The molecular formula is C31H44N4O5. The van der Waals surface area contributed by atoms with Crippen LogP contribution >= 0.6 is 0 Å². The lowest BCUT2D eigenvalue weighted by Gasteiger charge is -2.36. The van der Waals surface area contributed by atoms with Crippen molar-refractivity contribution in [3.8, 4) is 5.75 Å². The Morgan fingerprint density at radius 2 is 1.48 bits per heavy atom. The van der Waals surface area contributed by atoms with Crippen LogP contribution in [0.4, 0.5) is 10.5 Å². The molecule has 0 unspecified atom stereocenters. The third-order valence-electron chi connectivity index (χ3n) is 9.54. The van der Waals surface area contributed by atoms with Crippen LogP contribution in [0.5, 0.6) is 5.75 Å². The molecule has 40 heavy (non-hydrogen) atoms. The molecule has 0 radical (unpaired) electrons. The lowest BCUT2D eigenvalue weighted by Crippen LogP contribution is -2.49. The van der Waals surface area contributed by atoms with Gasteiger partial charge in [-0.2, -0.15) is 0 Å². The molecule has 1 saturated carbocycles. The minimum atomic E-state index is -0.499. The zero-order chi connectivity index (χ0) is 28.1. The molecule has 4 fully saturated rings. The number of likely N-dealkylation sites (tertiary alicyclic amines) is 2. The maximum atomic E-state index is 13.4. The molecule has 3 heterocycles. The summed E-state index contributed by atoms with van der Waals surface area (Å²) < 4.78 is 5.44. The fourth-order valence-corrected chi connectivity index (χ4v) is 6.96. The van der Waals surface area contributed by atoms with Crippen LogP contribution in [0.2, 0.25) is 0 Å². The zero-order valence-electron chi connectivity index (χ0n) is 23.9. The van der Waals surface area contributed by atoms with Crippen LogP contribution in [0.25, 0.3) is 0 Å². The number of piperidine rings is 2. The predicted octanol–water partition coefficient (Wildman–Crippen LogP) is 4.59. The van der Waals surface area contributed by atoms with Crippen molar-refractivity contribution in [2.75, 3.05) is 44.7 Å². The quantitative estimate of drug-likeness (QED) is 0.533. The molecule has 9 nitrogen and oxygen atoms in total. The highest BCUT2D eigenvalue weighted by molar-refractivity contribution is 6.07. The molecular weight excluding hydrogens is 508 g/mol. The van der Waals surface area contributed by atoms with Crippen LogP contribution in [-0.2, 0) is 9.59 Å². The Morgan fingerprint density at radius 1 is 0.850 bits per heavy atom. The fourth-order valence-electron chi connectivity index (χ4n) is 6.96. The first kappa shape index (κ1) is 28.4. The number of carbonyl (C=O) groups excluding carboxylic acids is 4. The summed E-state index contributed by atoms with van der Waals surface area (Å²) in [5, 5.41) is 2.33. The van der Waals surface area contributed by atoms with Gasteiger partial charge in [-0.05, 0) is 68.6 Å². The summed E-state index contributed by atoms with van der Waals surface area (Å²) in [6.07, 6.45) is 12.7. The minimum Gasteiger partial charge on any atom is -0.495 e. The van der Waals surface area contributed by atoms with Crippen LogP contribution in [0.1, 0.15) is 87.4 Å². The second kappa shape index (κ2) is 13.0. The molecule has 0 spiro atoms. The number of hydrogen-bond donors (Lipinski definition) is 1. The zero-order valence-corrected chi connectivity index (χ0v) is 23.9. The molecule has 4 aliphatic rings. The monoisotopic (exact) mass is 552 g/mol. The summed E-state index contributed by atoms with van der Waals surface area (Å²) in [5.74, 6) is 2.17. The first-order valence-electron chi connectivity index (χ1n) is 15.3. The van der Waals surface area contributed by atoms with Gasteiger partial charge < -0.3 is 14.5 Å². The highest BCUT2D eigenvalue weighted by Gasteiger charge is 2.31. The van der Waals surface area contributed by atoms with Gasteiger partial charge in [-0.3, -0.25) is 24.6 Å². The first-order valence-corrected chi connectivity index (χ1v) is 15.3. The number of nitrogens with one attached hydrogen (secondary N) is 1. The SMILES string of the molecule is COc1ccc(C(=O)N2CCC(CCC3CCN(C(=O)C4CCCCC4)CC3)CC2)cc1N1CCC(=O)NC1=O. The van der Waals surface area contributed by atoms with Crippen LogP contribution in [0, 0.1) is 17.8 Å². The number of carbonyl (C=O) groups is 4. The lowest BCUT2D eigenvalue weighted by molar-refractivity contribution is -0.138. The van der Waals surface area contributed by atoms with E-state index in [0.717, 1.165) is 64.7 Å². The van der Waals surface area contributed by atoms with Gasteiger partial charge >= 0.3 is 6.03 Å². The normalized spacial score (nSPS) is 21.9. The molecule has 0 aromatic heterocycles. The Hall–Kier alpha value is -3.10. The molecule has 1 aromatic carbocycles. The van der Waals surface area contributed by atoms with E-state index in [0.29, 0.717) is 34.7 Å². The van der Waals surface area contributed by atoms with Crippen molar-refractivity contribution >= 4 is 29.4 Å². The van der Waals surface area contributed by atoms with E-state index in [1.54, 1.807) is 18.2 Å². The van der Waals surface area contributed by atoms with E-state index in [1.165, 1.54) is 44.1 Å². The van der Waals surface area contributed by atoms with E-state index < -0.39 is 6.03 Å². The standard InChI is InChI=1S/C31H44N4O5/c1-40-27-10-9-25(21-26(27)35-20-15-28(36)32-31(35)39)30(38)34-18-13-23(14-19-34)8-7-22-11-16-33(17-12-22)29(37)24-5-3-2-4-6-24/h9-10,21-24H,2-8,11-20H2,1H3,(H,32,36,39). The van der Waals surface area contributed by atoms with Crippen molar-refractivity contribution < 1.29 is 23.9 Å². The minimum absolute atomic E-state index is 0.0362. The van der Waals surface area contributed by atoms with Gasteiger partial charge in [-0.15, -0.1) is 0 Å². The average molecular weight is 553 g/mol. The van der Waals surface area contributed by atoms with Gasteiger partial charge in [-0.25, -0.2) is 4.79 Å². The second-order valence-electron chi connectivity index (χ2n) is 12.1. The van der Waals surface area contributed by atoms with Crippen LogP contribution < -0.4 is 15.0 Å². The maximum absolute atomic E-state index is 13.4. The molecule has 0 bridgehead atoms. The molecule has 1 N–H and O–H groups in total. The molecule has 3 saturated heterocycles. The number of hydrogen-bond acceptors (Lipinski definition) is 5. The van der Waals surface area contributed by atoms with Crippen LogP contribution in [0.3, 0.4) is 0 Å². The number of methoxy groups -OCH3 is 1. The number of nitrogens with zero attached hydrogens (tertiary/aromatic N) is 3. The summed E-state index contributed by atoms with van der Waals surface area (Å²) in [6, 6.07) is 4.66. The molecule has 0 atom stereocenters. The fraction of sp³-hybridized carbons (Fsp3) is 0.677. The van der Waals surface area contributed by atoms with Gasteiger partial charge in [0.25, 0.3) is 5.91 Å². The molecule has 9 heteroatoms. The number of anilines is 1. The number of benzene rings is 1. The average Bonchev–Trinajstić information content (AvgIpc) is 3.00. The number of urea groups is 1. The Labute approximate surface area is 237 Å². The van der Waals surface area contributed by atoms with Crippen molar-refractivity contribution in [2.45, 2.75) is 77.0 Å². The third kappa shape index (κ3) is 6.61. The molecule has 5 amide bonds. The van der Waals surface area contributed by atoms with Gasteiger partial charge in [0.2, 0.25) is 11.8 Å². The summed E-state index contributed by atoms with van der Waals surface area (Å²) in [6.45, 7) is 3.56. The smallest absolute Gasteiger partial charge is 0.328 e. The van der Waals surface area contributed by atoms with Gasteiger partial charge in [-0.1, -0.05) is 32.1 Å². The van der Waals surface area contributed by atoms with E-state index in [4.69, 9.17) is 4.74 Å². The molecule has 218 valence electrons. The summed E-state index contributed by atoms with van der Waals surface area (Å²) in [5.41, 5.74) is 1.02. The van der Waals surface area contributed by atoms with E-state index in [2.05, 4.69) is 10.2 Å². The molecule has 5 rings (SSSR count).